The predicted molar refractivity (Wildman–Crippen MR) is 54.0 cm³/mol. The molecule has 80 valence electrons. The zero-order valence-corrected chi connectivity index (χ0v) is 8.43. The molecular formula is C10H11NO4. The number of hydrogen-bond acceptors (Lipinski definition) is 4. The van der Waals surface area contributed by atoms with E-state index in [-0.39, 0.29) is 0 Å². The molecule has 0 bridgehead atoms. The molecule has 0 spiro atoms. The molecule has 15 heavy (non-hydrogen) atoms. The molecule has 0 saturated carbocycles. The van der Waals surface area contributed by atoms with E-state index >= 15 is 0 Å². The van der Waals surface area contributed by atoms with E-state index in [4.69, 9.17) is 14.6 Å². The topological polar surface area (TPSA) is 68.7 Å². The summed E-state index contributed by atoms with van der Waals surface area (Å²) in [6.07, 6.45) is 5.40. The van der Waals surface area contributed by atoms with Crippen molar-refractivity contribution in [2.75, 3.05) is 14.2 Å². The third kappa shape index (κ3) is 2.70. The van der Waals surface area contributed by atoms with Crippen molar-refractivity contribution in [1.29, 1.82) is 0 Å². The summed E-state index contributed by atoms with van der Waals surface area (Å²) in [4.78, 5) is 14.3. The number of carbonyl (C=O) groups is 1. The zero-order chi connectivity index (χ0) is 11.3. The first-order chi connectivity index (χ1) is 7.19. The van der Waals surface area contributed by atoms with Gasteiger partial charge in [-0.1, -0.05) is 0 Å². The molecule has 0 radical (unpaired) electrons. The van der Waals surface area contributed by atoms with Crippen LogP contribution in [0.25, 0.3) is 6.08 Å². The van der Waals surface area contributed by atoms with E-state index < -0.39 is 5.97 Å². The summed E-state index contributed by atoms with van der Waals surface area (Å²) in [5, 5.41) is 8.52. The summed E-state index contributed by atoms with van der Waals surface area (Å²) in [6, 6.07) is 0. The van der Waals surface area contributed by atoms with Crippen molar-refractivity contribution in [2.45, 2.75) is 0 Å². The van der Waals surface area contributed by atoms with Gasteiger partial charge >= 0.3 is 5.97 Å². The van der Waals surface area contributed by atoms with Gasteiger partial charge in [-0.15, -0.1) is 0 Å². The Morgan fingerprint density at radius 2 is 1.87 bits per heavy atom. The highest BCUT2D eigenvalue weighted by molar-refractivity contribution is 5.86. The SMILES string of the molecule is COc1cncc(OC)c1C=CC(=O)O. The Morgan fingerprint density at radius 3 is 2.27 bits per heavy atom. The number of aromatic nitrogens is 1. The smallest absolute Gasteiger partial charge is 0.328 e. The average Bonchev–Trinajstić information content (AvgIpc) is 2.25. The predicted octanol–water partition coefficient (Wildman–Crippen LogP) is 1.20. The molecule has 1 rings (SSSR count). The number of ether oxygens (including phenoxy) is 2. The molecule has 0 aliphatic heterocycles. The Balaban J connectivity index is 3.16. The maximum Gasteiger partial charge on any atom is 0.328 e. The summed E-state index contributed by atoms with van der Waals surface area (Å²) >= 11 is 0. The van der Waals surface area contributed by atoms with Crippen LogP contribution in [0.5, 0.6) is 11.5 Å². The number of carboxylic acids is 1. The maximum atomic E-state index is 10.4. The number of nitrogens with zero attached hydrogens (tertiary/aromatic N) is 1. The summed E-state index contributed by atoms with van der Waals surface area (Å²) in [7, 11) is 2.96. The lowest BCUT2D eigenvalue weighted by Gasteiger charge is -2.08. The quantitative estimate of drug-likeness (QED) is 0.754. The number of aliphatic carboxylic acids is 1. The van der Waals surface area contributed by atoms with E-state index in [2.05, 4.69) is 4.98 Å². The first-order valence-corrected chi connectivity index (χ1v) is 4.16. The molecule has 0 unspecified atom stereocenters. The van der Waals surface area contributed by atoms with Crippen LogP contribution in [0, 0.1) is 0 Å². The van der Waals surface area contributed by atoms with Gasteiger partial charge in [-0.25, -0.2) is 4.79 Å². The van der Waals surface area contributed by atoms with Crippen molar-refractivity contribution in [3.05, 3.63) is 24.0 Å². The van der Waals surface area contributed by atoms with E-state index in [1.807, 2.05) is 0 Å². The van der Waals surface area contributed by atoms with Crippen molar-refractivity contribution < 1.29 is 19.4 Å². The third-order valence-electron chi connectivity index (χ3n) is 1.75. The molecule has 0 aliphatic rings. The largest absolute Gasteiger partial charge is 0.494 e. The van der Waals surface area contributed by atoms with Crippen molar-refractivity contribution >= 4 is 12.0 Å². The summed E-state index contributed by atoms with van der Waals surface area (Å²) < 4.78 is 10.1. The monoisotopic (exact) mass is 209 g/mol. The minimum Gasteiger partial charge on any atom is -0.494 e. The summed E-state index contributed by atoms with van der Waals surface area (Å²) in [6.45, 7) is 0. The lowest BCUT2D eigenvalue weighted by Crippen LogP contribution is -1.94. The van der Waals surface area contributed by atoms with E-state index in [0.717, 1.165) is 6.08 Å². The molecule has 1 N–H and O–H groups in total. The van der Waals surface area contributed by atoms with Gasteiger partial charge in [-0.3, -0.25) is 4.98 Å². The number of methoxy groups -OCH3 is 2. The Bertz CT molecular complexity index is 365. The van der Waals surface area contributed by atoms with Crippen LogP contribution in [0.4, 0.5) is 0 Å². The van der Waals surface area contributed by atoms with Gasteiger partial charge in [0.05, 0.1) is 32.2 Å². The van der Waals surface area contributed by atoms with Gasteiger partial charge in [0, 0.05) is 6.08 Å². The molecule has 1 heterocycles. The van der Waals surface area contributed by atoms with E-state index in [1.54, 1.807) is 0 Å². The van der Waals surface area contributed by atoms with E-state index in [1.165, 1.54) is 32.7 Å². The summed E-state index contributed by atoms with van der Waals surface area (Å²) in [5.41, 5.74) is 0.553. The number of pyridine rings is 1. The Labute approximate surface area is 87.0 Å². The van der Waals surface area contributed by atoms with Crippen LogP contribution in [0.2, 0.25) is 0 Å². The third-order valence-corrected chi connectivity index (χ3v) is 1.75. The Hall–Kier alpha value is -2.04. The van der Waals surface area contributed by atoms with Gasteiger partial charge in [0.15, 0.2) is 0 Å². The summed E-state index contributed by atoms with van der Waals surface area (Å²) in [5.74, 6) is -0.102. The molecule has 0 aromatic carbocycles. The number of hydrogen-bond donors (Lipinski definition) is 1. The zero-order valence-electron chi connectivity index (χ0n) is 8.43. The second-order valence-corrected chi connectivity index (χ2v) is 2.63. The van der Waals surface area contributed by atoms with E-state index in [9.17, 15) is 4.79 Å². The van der Waals surface area contributed by atoms with Crippen LogP contribution in [0.15, 0.2) is 18.5 Å². The second-order valence-electron chi connectivity index (χ2n) is 2.63. The Kier molecular flexibility index (Phi) is 3.68. The fourth-order valence-electron chi connectivity index (χ4n) is 1.08. The maximum absolute atomic E-state index is 10.4. The van der Waals surface area contributed by atoms with Gasteiger partial charge < -0.3 is 14.6 Å². The van der Waals surface area contributed by atoms with Gasteiger partial charge in [-0.05, 0) is 6.08 Å². The molecule has 0 amide bonds. The Morgan fingerprint density at radius 1 is 1.33 bits per heavy atom. The molecule has 5 heteroatoms. The molecule has 0 atom stereocenters. The first kappa shape index (κ1) is 11.0. The molecule has 1 aromatic rings. The van der Waals surface area contributed by atoms with Gasteiger partial charge in [0.25, 0.3) is 0 Å². The van der Waals surface area contributed by atoms with Crippen LogP contribution >= 0.6 is 0 Å². The van der Waals surface area contributed by atoms with Gasteiger partial charge in [0.1, 0.15) is 11.5 Å². The van der Waals surface area contributed by atoms with Crippen LogP contribution in [-0.4, -0.2) is 30.3 Å². The minimum atomic E-state index is -1.03. The molecule has 0 saturated heterocycles. The lowest BCUT2D eigenvalue weighted by atomic mass is 10.2. The highest BCUT2D eigenvalue weighted by atomic mass is 16.5. The fraction of sp³-hybridized carbons (Fsp3) is 0.200. The highest BCUT2D eigenvalue weighted by Crippen LogP contribution is 2.27. The van der Waals surface area contributed by atoms with Crippen molar-refractivity contribution in [3.8, 4) is 11.5 Å². The van der Waals surface area contributed by atoms with Crippen molar-refractivity contribution in [1.82, 2.24) is 4.98 Å². The van der Waals surface area contributed by atoms with Crippen LogP contribution in [-0.2, 0) is 4.79 Å². The molecular weight excluding hydrogens is 198 g/mol. The van der Waals surface area contributed by atoms with Crippen molar-refractivity contribution in [2.24, 2.45) is 0 Å². The highest BCUT2D eigenvalue weighted by Gasteiger charge is 2.07. The molecule has 1 aromatic heterocycles. The second kappa shape index (κ2) is 4.99. The molecule has 0 aliphatic carbocycles. The fourth-order valence-corrected chi connectivity index (χ4v) is 1.08. The van der Waals surface area contributed by atoms with Crippen LogP contribution in [0.3, 0.4) is 0 Å². The molecule has 0 fully saturated rings. The average molecular weight is 209 g/mol. The number of carboxylic acid groups (broad SMARTS) is 1. The lowest BCUT2D eigenvalue weighted by molar-refractivity contribution is -0.131. The normalized spacial score (nSPS) is 10.3. The number of rotatable bonds is 4. The van der Waals surface area contributed by atoms with E-state index in [0.29, 0.717) is 17.1 Å². The van der Waals surface area contributed by atoms with Gasteiger partial charge in [-0.2, -0.15) is 0 Å². The van der Waals surface area contributed by atoms with Crippen molar-refractivity contribution in [3.63, 3.8) is 0 Å². The first-order valence-electron chi connectivity index (χ1n) is 4.16. The van der Waals surface area contributed by atoms with Crippen LogP contribution in [0.1, 0.15) is 5.56 Å². The standard InChI is InChI=1S/C10H11NO4/c1-14-8-5-11-6-9(15-2)7(8)3-4-10(12)13/h3-6H,1-2H3,(H,12,13). The van der Waals surface area contributed by atoms with Crippen LogP contribution < -0.4 is 9.47 Å². The van der Waals surface area contributed by atoms with Gasteiger partial charge in [0.2, 0.25) is 0 Å². The minimum absolute atomic E-state index is 0.465. The molecule has 5 nitrogen and oxygen atoms in total.